The number of Topliss-reactive ketones (excluding diaryl/α,β-unsaturated/α-hetero) is 1. The van der Waals surface area contributed by atoms with E-state index in [0.29, 0.717) is 35.6 Å². The standard InChI is InChI=1S/C21H27N3O4/c1-7-23-14(3)18(13(2)19(23)21(27)28-6)20(26)15(4)24(16(5)25)12-17-8-10-22-11-9-17/h8-11,15H,7,12H2,1-6H3. The summed E-state index contributed by atoms with van der Waals surface area (Å²) in [5.41, 5.74) is 3.01. The van der Waals surface area contributed by atoms with E-state index in [2.05, 4.69) is 4.98 Å². The van der Waals surface area contributed by atoms with Crippen LogP contribution in [0.1, 0.15) is 58.4 Å². The zero-order valence-electron chi connectivity index (χ0n) is 17.3. The minimum absolute atomic E-state index is 0.198. The Morgan fingerprint density at radius 1 is 1.21 bits per heavy atom. The third-order valence-electron chi connectivity index (χ3n) is 5.06. The fourth-order valence-corrected chi connectivity index (χ4v) is 3.57. The van der Waals surface area contributed by atoms with E-state index in [4.69, 9.17) is 4.74 Å². The summed E-state index contributed by atoms with van der Waals surface area (Å²) in [5, 5.41) is 0. The summed E-state index contributed by atoms with van der Waals surface area (Å²) >= 11 is 0. The van der Waals surface area contributed by atoms with E-state index in [0.717, 1.165) is 5.56 Å². The summed E-state index contributed by atoms with van der Waals surface area (Å²) in [7, 11) is 1.32. The third kappa shape index (κ3) is 3.98. The highest BCUT2D eigenvalue weighted by Crippen LogP contribution is 2.26. The molecule has 0 saturated heterocycles. The smallest absolute Gasteiger partial charge is 0.354 e. The van der Waals surface area contributed by atoms with Crippen molar-refractivity contribution in [3.63, 3.8) is 0 Å². The van der Waals surface area contributed by atoms with Crippen molar-refractivity contribution in [3.8, 4) is 0 Å². The number of carbonyl (C=O) groups is 3. The number of ketones is 1. The Morgan fingerprint density at radius 3 is 2.32 bits per heavy atom. The van der Waals surface area contributed by atoms with Gasteiger partial charge in [-0.2, -0.15) is 0 Å². The second-order valence-corrected chi connectivity index (χ2v) is 6.71. The zero-order chi connectivity index (χ0) is 21.0. The molecule has 0 bridgehead atoms. The Balaban J connectivity index is 2.44. The summed E-state index contributed by atoms with van der Waals surface area (Å²) in [6, 6.07) is 2.94. The predicted molar refractivity (Wildman–Crippen MR) is 105 cm³/mol. The number of aromatic nitrogens is 2. The Bertz CT molecular complexity index is 887. The topological polar surface area (TPSA) is 81.5 Å². The van der Waals surface area contributed by atoms with E-state index in [9.17, 15) is 14.4 Å². The first-order valence-corrected chi connectivity index (χ1v) is 9.22. The number of nitrogens with zero attached hydrogens (tertiary/aromatic N) is 3. The van der Waals surface area contributed by atoms with Crippen LogP contribution in [0, 0.1) is 13.8 Å². The largest absolute Gasteiger partial charge is 0.464 e. The molecule has 2 aromatic rings. The van der Waals surface area contributed by atoms with E-state index in [1.165, 1.54) is 18.9 Å². The van der Waals surface area contributed by atoms with Crippen LogP contribution in [0.3, 0.4) is 0 Å². The first-order chi connectivity index (χ1) is 13.2. The van der Waals surface area contributed by atoms with Crippen molar-refractivity contribution in [2.45, 2.75) is 53.8 Å². The van der Waals surface area contributed by atoms with Crippen LogP contribution < -0.4 is 0 Å². The molecule has 7 heteroatoms. The number of methoxy groups -OCH3 is 1. The second-order valence-electron chi connectivity index (χ2n) is 6.71. The van der Waals surface area contributed by atoms with Crippen molar-refractivity contribution in [2.75, 3.05) is 7.11 Å². The minimum atomic E-state index is -0.679. The molecule has 28 heavy (non-hydrogen) atoms. The number of pyridine rings is 1. The molecule has 2 aromatic heterocycles. The Morgan fingerprint density at radius 2 is 1.82 bits per heavy atom. The van der Waals surface area contributed by atoms with E-state index in [1.54, 1.807) is 30.8 Å². The summed E-state index contributed by atoms with van der Waals surface area (Å²) in [6.07, 6.45) is 3.30. The van der Waals surface area contributed by atoms with E-state index >= 15 is 0 Å². The van der Waals surface area contributed by atoms with Gasteiger partial charge in [0, 0.05) is 43.7 Å². The van der Waals surface area contributed by atoms with Crippen LogP contribution in [0.5, 0.6) is 0 Å². The van der Waals surface area contributed by atoms with Crippen LogP contribution in [0.25, 0.3) is 0 Å². The molecular formula is C21H27N3O4. The molecule has 0 aliphatic heterocycles. The van der Waals surface area contributed by atoms with Gasteiger partial charge in [0.05, 0.1) is 13.2 Å². The molecule has 2 heterocycles. The van der Waals surface area contributed by atoms with E-state index in [-0.39, 0.29) is 11.7 Å². The van der Waals surface area contributed by atoms with Gasteiger partial charge in [0.1, 0.15) is 5.69 Å². The highest BCUT2D eigenvalue weighted by Gasteiger charge is 2.32. The normalized spacial score (nSPS) is 11.8. The van der Waals surface area contributed by atoms with Gasteiger partial charge < -0.3 is 14.2 Å². The highest BCUT2D eigenvalue weighted by molar-refractivity contribution is 6.06. The lowest BCUT2D eigenvalue weighted by atomic mass is 9.99. The Hall–Kier alpha value is -2.96. The number of rotatable bonds is 7. The average Bonchev–Trinajstić information content (AvgIpc) is 2.94. The molecular weight excluding hydrogens is 358 g/mol. The van der Waals surface area contributed by atoms with E-state index in [1.807, 2.05) is 26.0 Å². The van der Waals surface area contributed by atoms with Crippen molar-refractivity contribution in [2.24, 2.45) is 0 Å². The monoisotopic (exact) mass is 385 g/mol. The molecule has 0 saturated carbocycles. The fourth-order valence-electron chi connectivity index (χ4n) is 3.57. The van der Waals surface area contributed by atoms with Gasteiger partial charge in [0.25, 0.3) is 0 Å². The van der Waals surface area contributed by atoms with Crippen LogP contribution in [0.2, 0.25) is 0 Å². The Labute approximate surface area is 165 Å². The maximum Gasteiger partial charge on any atom is 0.354 e. The first-order valence-electron chi connectivity index (χ1n) is 9.22. The van der Waals surface area contributed by atoms with Crippen molar-refractivity contribution < 1.29 is 19.1 Å². The van der Waals surface area contributed by atoms with Gasteiger partial charge in [0.2, 0.25) is 5.91 Å². The molecule has 1 unspecified atom stereocenters. The average molecular weight is 385 g/mol. The molecule has 1 amide bonds. The van der Waals surface area contributed by atoms with Crippen LogP contribution in [-0.4, -0.2) is 45.3 Å². The molecule has 7 nitrogen and oxygen atoms in total. The van der Waals surface area contributed by atoms with Crippen LogP contribution >= 0.6 is 0 Å². The van der Waals surface area contributed by atoms with Gasteiger partial charge in [-0.3, -0.25) is 14.6 Å². The number of carbonyl (C=O) groups excluding carboxylic acids is 3. The molecule has 1 atom stereocenters. The van der Waals surface area contributed by atoms with Crippen molar-refractivity contribution >= 4 is 17.7 Å². The number of ether oxygens (including phenoxy) is 1. The Kier molecular flexibility index (Phi) is 6.72. The second kappa shape index (κ2) is 8.82. The molecule has 0 aliphatic carbocycles. The van der Waals surface area contributed by atoms with Gasteiger partial charge in [0.15, 0.2) is 5.78 Å². The SMILES string of the molecule is CCn1c(C)c(C(=O)C(C)N(Cc2ccncc2)C(C)=O)c(C)c1C(=O)OC. The molecule has 0 N–H and O–H groups in total. The molecule has 0 spiro atoms. The predicted octanol–water partition coefficient (Wildman–Crippen LogP) is 2.93. The molecule has 0 aliphatic rings. The first kappa shape index (κ1) is 21.3. The minimum Gasteiger partial charge on any atom is -0.464 e. The maximum atomic E-state index is 13.3. The summed E-state index contributed by atoms with van der Waals surface area (Å²) in [6.45, 7) is 9.46. The zero-order valence-corrected chi connectivity index (χ0v) is 17.3. The van der Waals surface area contributed by atoms with E-state index < -0.39 is 12.0 Å². The van der Waals surface area contributed by atoms with Gasteiger partial charge in [-0.25, -0.2) is 4.79 Å². The van der Waals surface area contributed by atoms with Gasteiger partial charge >= 0.3 is 5.97 Å². The summed E-state index contributed by atoms with van der Waals surface area (Å²) in [5.74, 6) is -0.873. The summed E-state index contributed by atoms with van der Waals surface area (Å²) in [4.78, 5) is 43.3. The number of esters is 1. The van der Waals surface area contributed by atoms with Gasteiger partial charge in [-0.15, -0.1) is 0 Å². The fraction of sp³-hybridized carbons (Fsp3) is 0.429. The number of amides is 1. The maximum absolute atomic E-state index is 13.3. The summed E-state index contributed by atoms with van der Waals surface area (Å²) < 4.78 is 6.67. The lowest BCUT2D eigenvalue weighted by Gasteiger charge is -2.27. The third-order valence-corrected chi connectivity index (χ3v) is 5.06. The van der Waals surface area contributed by atoms with Crippen LogP contribution in [0.15, 0.2) is 24.5 Å². The lowest BCUT2D eigenvalue weighted by Crippen LogP contribution is -2.42. The molecule has 2 rings (SSSR count). The highest BCUT2D eigenvalue weighted by atomic mass is 16.5. The van der Waals surface area contributed by atoms with Crippen LogP contribution in [-0.2, 0) is 22.6 Å². The quantitative estimate of drug-likeness (QED) is 0.541. The van der Waals surface area contributed by atoms with Crippen molar-refractivity contribution in [1.82, 2.24) is 14.5 Å². The van der Waals surface area contributed by atoms with Gasteiger partial charge in [-0.1, -0.05) is 0 Å². The molecule has 0 radical (unpaired) electrons. The molecule has 0 aromatic carbocycles. The molecule has 150 valence electrons. The number of hydrogen-bond acceptors (Lipinski definition) is 5. The van der Waals surface area contributed by atoms with Crippen molar-refractivity contribution in [3.05, 3.63) is 52.6 Å². The van der Waals surface area contributed by atoms with Gasteiger partial charge in [-0.05, 0) is 51.0 Å². The van der Waals surface area contributed by atoms with Crippen molar-refractivity contribution in [1.29, 1.82) is 0 Å². The van der Waals surface area contributed by atoms with Crippen LogP contribution in [0.4, 0.5) is 0 Å². The molecule has 0 fully saturated rings. The number of hydrogen-bond donors (Lipinski definition) is 0. The lowest BCUT2D eigenvalue weighted by molar-refractivity contribution is -0.130.